The highest BCUT2D eigenvalue weighted by Crippen LogP contribution is 2.41. The third-order valence-corrected chi connectivity index (χ3v) is 2.26. The number of aliphatic hydroxyl groups excluding tert-OH is 1. The van der Waals surface area contributed by atoms with Gasteiger partial charge in [-0.3, -0.25) is 0 Å². The smallest absolute Gasteiger partial charge is 0.292 e. The fourth-order valence-electron chi connectivity index (χ4n) is 1.44. The van der Waals surface area contributed by atoms with Gasteiger partial charge in [0.15, 0.2) is 0 Å². The highest BCUT2D eigenvalue weighted by atomic mass is 19.3. The van der Waals surface area contributed by atoms with Gasteiger partial charge in [0.1, 0.15) is 6.10 Å². The summed E-state index contributed by atoms with van der Waals surface area (Å²) >= 11 is 0. The van der Waals surface area contributed by atoms with Crippen molar-refractivity contribution in [3.8, 4) is 0 Å². The monoisotopic (exact) mass is 176 g/mol. The maximum Gasteiger partial charge on any atom is 0.292 e. The molecule has 1 nitrogen and oxygen atoms in total. The number of halogens is 2. The van der Waals surface area contributed by atoms with Crippen LogP contribution in [0.25, 0.3) is 0 Å². The number of aliphatic hydroxyl groups is 1. The third-order valence-electron chi connectivity index (χ3n) is 2.26. The quantitative estimate of drug-likeness (QED) is 0.561. The number of hydrogen-bond donors (Lipinski definition) is 1. The molecule has 0 amide bonds. The fraction of sp³-hybridized carbons (Fsp3) is 0.778. The lowest BCUT2D eigenvalue weighted by Gasteiger charge is -2.30. The molecular formula is C9H14F2O. The summed E-state index contributed by atoms with van der Waals surface area (Å²) in [5.41, 5.74) is -0.310. The zero-order valence-electron chi connectivity index (χ0n) is 7.51. The molecule has 0 saturated heterocycles. The summed E-state index contributed by atoms with van der Waals surface area (Å²) in [7, 11) is 0. The van der Waals surface area contributed by atoms with E-state index in [4.69, 9.17) is 0 Å². The van der Waals surface area contributed by atoms with E-state index in [1.165, 1.54) is 6.08 Å². The molecular weight excluding hydrogens is 162 g/mol. The van der Waals surface area contributed by atoms with E-state index in [1.54, 1.807) is 0 Å². The minimum absolute atomic E-state index is 0.310. The molecule has 3 heteroatoms. The molecule has 0 bridgehead atoms. The average Bonchev–Trinajstić information content (AvgIpc) is 2.06. The van der Waals surface area contributed by atoms with Gasteiger partial charge in [-0.25, -0.2) is 0 Å². The van der Waals surface area contributed by atoms with Gasteiger partial charge in [-0.15, -0.1) is 0 Å². The minimum Gasteiger partial charge on any atom is -0.386 e. The van der Waals surface area contributed by atoms with Crippen LogP contribution in [0.1, 0.15) is 20.8 Å². The van der Waals surface area contributed by atoms with Crippen LogP contribution in [0.15, 0.2) is 12.2 Å². The van der Waals surface area contributed by atoms with E-state index in [9.17, 15) is 13.9 Å². The van der Waals surface area contributed by atoms with Crippen LogP contribution in [-0.4, -0.2) is 17.1 Å². The normalized spacial score (nSPS) is 34.2. The van der Waals surface area contributed by atoms with Gasteiger partial charge in [0.05, 0.1) is 0 Å². The minimum atomic E-state index is -3.04. The highest BCUT2D eigenvalue weighted by Gasteiger charge is 2.48. The summed E-state index contributed by atoms with van der Waals surface area (Å²) < 4.78 is 25.6. The summed E-state index contributed by atoms with van der Waals surface area (Å²) in [4.78, 5) is 0. The summed E-state index contributed by atoms with van der Waals surface area (Å²) in [5, 5.41) is 9.24. The van der Waals surface area contributed by atoms with E-state index >= 15 is 0 Å². The summed E-state index contributed by atoms with van der Waals surface area (Å²) in [6.07, 6.45) is 0.649. The molecule has 1 N–H and O–H groups in total. The van der Waals surface area contributed by atoms with Crippen LogP contribution in [0, 0.1) is 11.3 Å². The van der Waals surface area contributed by atoms with Crippen molar-refractivity contribution in [3.05, 3.63) is 12.2 Å². The van der Waals surface area contributed by atoms with Gasteiger partial charge in [-0.1, -0.05) is 26.8 Å². The predicted molar refractivity (Wildman–Crippen MR) is 43.0 cm³/mol. The Morgan fingerprint density at radius 3 is 2.00 bits per heavy atom. The van der Waals surface area contributed by atoms with Crippen LogP contribution in [0.3, 0.4) is 0 Å². The molecule has 0 radical (unpaired) electrons. The van der Waals surface area contributed by atoms with Crippen LogP contribution in [0.5, 0.6) is 0 Å². The van der Waals surface area contributed by atoms with Gasteiger partial charge in [-0.2, -0.15) is 8.78 Å². The Morgan fingerprint density at radius 1 is 1.33 bits per heavy atom. The van der Waals surface area contributed by atoms with Crippen molar-refractivity contribution in [1.29, 1.82) is 0 Å². The molecule has 1 aliphatic rings. The lowest BCUT2D eigenvalue weighted by Crippen LogP contribution is -2.37. The molecule has 0 saturated carbocycles. The molecule has 70 valence electrons. The largest absolute Gasteiger partial charge is 0.386 e. The van der Waals surface area contributed by atoms with Crippen LogP contribution < -0.4 is 0 Å². The van der Waals surface area contributed by atoms with Crippen molar-refractivity contribution >= 4 is 0 Å². The van der Waals surface area contributed by atoms with E-state index in [0.29, 0.717) is 0 Å². The Labute approximate surface area is 71.1 Å². The maximum atomic E-state index is 12.8. The SMILES string of the molecule is CC(C)(C)[C@H]1C=CC(F)(F)[C@H]1O. The van der Waals surface area contributed by atoms with E-state index in [-0.39, 0.29) is 5.41 Å². The molecule has 0 aromatic rings. The molecule has 0 heterocycles. The topological polar surface area (TPSA) is 20.2 Å². The van der Waals surface area contributed by atoms with E-state index in [2.05, 4.69) is 0 Å². The van der Waals surface area contributed by atoms with Gasteiger partial charge < -0.3 is 5.11 Å². The van der Waals surface area contributed by atoms with Crippen LogP contribution in [0.4, 0.5) is 8.78 Å². The van der Waals surface area contributed by atoms with Gasteiger partial charge >= 0.3 is 0 Å². The molecule has 2 atom stereocenters. The van der Waals surface area contributed by atoms with Crippen molar-refractivity contribution in [2.45, 2.75) is 32.8 Å². The van der Waals surface area contributed by atoms with Crippen molar-refractivity contribution in [1.82, 2.24) is 0 Å². The molecule has 0 unspecified atom stereocenters. The fourth-order valence-corrected chi connectivity index (χ4v) is 1.44. The van der Waals surface area contributed by atoms with Crippen molar-refractivity contribution in [2.75, 3.05) is 0 Å². The van der Waals surface area contributed by atoms with Gasteiger partial charge in [-0.05, 0) is 11.5 Å². The Hall–Kier alpha value is -0.440. The number of hydrogen-bond acceptors (Lipinski definition) is 1. The van der Waals surface area contributed by atoms with Crippen LogP contribution in [0.2, 0.25) is 0 Å². The Bertz CT molecular complexity index is 203. The first kappa shape index (κ1) is 9.65. The molecule has 1 rings (SSSR count). The Balaban J connectivity index is 2.82. The van der Waals surface area contributed by atoms with Crippen molar-refractivity contribution in [2.24, 2.45) is 11.3 Å². The molecule has 0 aliphatic heterocycles. The lowest BCUT2D eigenvalue weighted by molar-refractivity contribution is -0.0915. The van der Waals surface area contributed by atoms with E-state index < -0.39 is 17.9 Å². The Kier molecular flexibility index (Phi) is 2.03. The number of rotatable bonds is 0. The molecule has 12 heavy (non-hydrogen) atoms. The first-order valence-corrected chi connectivity index (χ1v) is 4.00. The Morgan fingerprint density at radius 2 is 1.83 bits per heavy atom. The summed E-state index contributed by atoms with van der Waals surface area (Å²) in [5.74, 6) is -3.50. The first-order chi connectivity index (χ1) is 5.25. The summed E-state index contributed by atoms with van der Waals surface area (Å²) in [6, 6.07) is 0. The van der Waals surface area contributed by atoms with Crippen molar-refractivity contribution < 1.29 is 13.9 Å². The molecule has 0 aromatic heterocycles. The average molecular weight is 176 g/mol. The standard InChI is InChI=1S/C9H14F2O/c1-8(2,3)6-4-5-9(10,11)7(6)12/h4-7,12H,1-3H3/t6-,7-/m0/s1. The number of alkyl halides is 2. The van der Waals surface area contributed by atoms with Crippen LogP contribution >= 0.6 is 0 Å². The second-order valence-electron chi connectivity index (χ2n) is 4.37. The van der Waals surface area contributed by atoms with E-state index in [0.717, 1.165) is 6.08 Å². The second-order valence-corrected chi connectivity index (χ2v) is 4.37. The van der Waals surface area contributed by atoms with Crippen molar-refractivity contribution in [3.63, 3.8) is 0 Å². The maximum absolute atomic E-state index is 12.8. The lowest BCUT2D eigenvalue weighted by atomic mass is 9.79. The molecule has 0 fully saturated rings. The molecule has 0 spiro atoms. The third kappa shape index (κ3) is 1.51. The molecule has 1 aliphatic carbocycles. The van der Waals surface area contributed by atoms with Gasteiger partial charge in [0.25, 0.3) is 5.92 Å². The first-order valence-electron chi connectivity index (χ1n) is 4.00. The van der Waals surface area contributed by atoms with Gasteiger partial charge in [0.2, 0.25) is 0 Å². The zero-order chi connectivity index (χ0) is 9.57. The van der Waals surface area contributed by atoms with Gasteiger partial charge in [0, 0.05) is 5.92 Å². The second kappa shape index (κ2) is 2.52. The predicted octanol–water partition coefficient (Wildman–Crippen LogP) is 2.21. The molecule has 0 aromatic carbocycles. The van der Waals surface area contributed by atoms with Crippen LogP contribution in [-0.2, 0) is 0 Å². The summed E-state index contributed by atoms with van der Waals surface area (Å²) in [6.45, 7) is 5.52. The highest BCUT2D eigenvalue weighted by molar-refractivity contribution is 5.15. The van der Waals surface area contributed by atoms with E-state index in [1.807, 2.05) is 20.8 Å². The zero-order valence-corrected chi connectivity index (χ0v) is 7.51.